The van der Waals surface area contributed by atoms with Gasteiger partial charge in [0, 0.05) is 12.8 Å². The Balaban J connectivity index is 4.11. The Kier molecular flexibility index (Phi) is 45.8. The lowest BCUT2D eigenvalue weighted by molar-refractivity contribution is -0.161. The van der Waals surface area contributed by atoms with E-state index in [1.807, 2.05) is 0 Å². The molecule has 0 saturated carbocycles. The molecule has 0 aromatic heterocycles. The number of aliphatic hydroxyl groups is 2. The van der Waals surface area contributed by atoms with Gasteiger partial charge in [-0.1, -0.05) is 217 Å². The van der Waals surface area contributed by atoms with Crippen molar-refractivity contribution < 1.29 is 47.8 Å². The van der Waals surface area contributed by atoms with Gasteiger partial charge in [-0.15, -0.1) is 0 Å². The van der Waals surface area contributed by atoms with Gasteiger partial charge in [0.25, 0.3) is 0 Å². The summed E-state index contributed by atoms with van der Waals surface area (Å²) < 4.78 is 32.8. The topological polar surface area (TPSA) is 149 Å². The Morgan fingerprint density at radius 3 is 1.34 bits per heavy atom. The van der Waals surface area contributed by atoms with Crippen LogP contribution in [0.15, 0.2) is 36.5 Å². The fraction of sp³-hybridized carbons (Fsp3) is 0.843. The van der Waals surface area contributed by atoms with Crippen LogP contribution >= 0.6 is 7.82 Å². The maximum atomic E-state index is 12.6. The van der Waals surface area contributed by atoms with Gasteiger partial charge in [-0.3, -0.25) is 18.6 Å². The lowest BCUT2D eigenvalue weighted by atomic mass is 10.0. The predicted molar refractivity (Wildman–Crippen MR) is 256 cm³/mol. The molecule has 3 atom stereocenters. The number of hydrogen-bond acceptors (Lipinski definition) is 9. The Bertz CT molecular complexity index is 1130. The SMILES string of the molecule is CC/C=C\C/C=C\C/C=C\CCCCCCCC(=O)OC(COC(=O)CCCCCCCCCCCCCCCCCCCCCCCCCC)COP(=O)(O)OCC(O)CO. The summed E-state index contributed by atoms with van der Waals surface area (Å²) in [6.07, 6.45) is 51.3. The zero-order valence-electron chi connectivity index (χ0n) is 39.8. The summed E-state index contributed by atoms with van der Waals surface area (Å²) in [6.45, 7) is 2.29. The van der Waals surface area contributed by atoms with Crippen molar-refractivity contribution in [1.29, 1.82) is 0 Å². The van der Waals surface area contributed by atoms with Gasteiger partial charge in [0.05, 0.1) is 19.8 Å². The van der Waals surface area contributed by atoms with Crippen LogP contribution in [-0.2, 0) is 32.7 Å². The first-order valence-electron chi connectivity index (χ1n) is 25.4. The minimum absolute atomic E-state index is 0.166. The third-order valence-corrected chi connectivity index (χ3v) is 12.0. The Hall–Kier alpha value is -1.81. The van der Waals surface area contributed by atoms with Crippen molar-refractivity contribution in [3.63, 3.8) is 0 Å². The first kappa shape index (κ1) is 60.2. The van der Waals surface area contributed by atoms with E-state index in [1.165, 1.54) is 128 Å². The minimum atomic E-state index is -4.62. The Morgan fingerprint density at radius 1 is 0.500 bits per heavy atom. The number of allylic oxidation sites excluding steroid dienone is 6. The van der Waals surface area contributed by atoms with Gasteiger partial charge < -0.3 is 24.6 Å². The predicted octanol–water partition coefficient (Wildman–Crippen LogP) is 14.3. The molecule has 0 radical (unpaired) electrons. The first-order chi connectivity index (χ1) is 30.2. The smallest absolute Gasteiger partial charge is 0.462 e. The maximum absolute atomic E-state index is 12.6. The molecule has 3 N–H and O–H groups in total. The number of esters is 2. The number of aliphatic hydroxyl groups excluding tert-OH is 2. The zero-order chi connectivity index (χ0) is 45.5. The Morgan fingerprint density at radius 2 is 0.887 bits per heavy atom. The molecule has 0 saturated heterocycles. The molecular formula is C51H95O10P. The number of carbonyl (C=O) groups excluding carboxylic acids is 2. The van der Waals surface area contributed by atoms with Gasteiger partial charge >= 0.3 is 19.8 Å². The molecular weight excluding hydrogens is 804 g/mol. The lowest BCUT2D eigenvalue weighted by Gasteiger charge is -2.20. The van der Waals surface area contributed by atoms with E-state index >= 15 is 0 Å². The summed E-state index contributed by atoms with van der Waals surface area (Å²) >= 11 is 0. The van der Waals surface area contributed by atoms with E-state index in [2.05, 4.69) is 50.3 Å². The number of ether oxygens (including phenoxy) is 2. The van der Waals surface area contributed by atoms with Gasteiger partial charge in [-0.25, -0.2) is 4.57 Å². The van der Waals surface area contributed by atoms with E-state index < -0.39 is 51.8 Å². The van der Waals surface area contributed by atoms with Crippen molar-refractivity contribution in [3.05, 3.63) is 36.5 Å². The van der Waals surface area contributed by atoms with Gasteiger partial charge in [-0.2, -0.15) is 0 Å². The third-order valence-electron chi connectivity index (χ3n) is 11.1. The van der Waals surface area contributed by atoms with Crippen molar-refractivity contribution in [1.82, 2.24) is 0 Å². The number of hydrogen-bond donors (Lipinski definition) is 3. The van der Waals surface area contributed by atoms with Crippen LogP contribution in [0.5, 0.6) is 0 Å². The fourth-order valence-corrected chi connectivity index (χ4v) is 7.98. The molecule has 0 aliphatic heterocycles. The molecule has 0 spiro atoms. The summed E-state index contributed by atoms with van der Waals surface area (Å²) in [7, 11) is -4.62. The second-order valence-electron chi connectivity index (χ2n) is 17.2. The summed E-state index contributed by atoms with van der Waals surface area (Å²) in [6, 6.07) is 0. The maximum Gasteiger partial charge on any atom is 0.472 e. The molecule has 0 aliphatic rings. The standard InChI is InChI=1S/C51H95O10P/c1-3-5-7-9-11-13-15-17-19-20-21-22-23-24-25-26-27-29-30-32-34-36-38-40-42-50(54)58-46-49(47-60-62(56,57)59-45-48(53)44-52)61-51(55)43-41-39-37-35-33-31-28-18-16-14-12-10-8-6-4-2/h6,8,12,14,18,28,48-49,52-53H,3-5,7,9-11,13,15-17,19-27,29-47H2,1-2H3,(H,56,57)/b8-6-,14-12-,28-18-. The first-order valence-corrected chi connectivity index (χ1v) is 26.9. The molecule has 0 bridgehead atoms. The summed E-state index contributed by atoms with van der Waals surface area (Å²) in [5.41, 5.74) is 0. The van der Waals surface area contributed by atoms with Gasteiger partial charge in [0.2, 0.25) is 0 Å². The number of unbranched alkanes of at least 4 members (excludes halogenated alkanes) is 28. The number of phosphoric ester groups is 1. The average Bonchev–Trinajstić information content (AvgIpc) is 3.26. The number of carbonyl (C=O) groups is 2. The van der Waals surface area contributed by atoms with Gasteiger partial charge in [0.15, 0.2) is 6.10 Å². The van der Waals surface area contributed by atoms with Crippen LogP contribution in [-0.4, -0.2) is 65.7 Å². The van der Waals surface area contributed by atoms with Crippen molar-refractivity contribution in [2.75, 3.05) is 26.4 Å². The molecule has 3 unspecified atom stereocenters. The molecule has 0 aliphatic carbocycles. The lowest BCUT2D eigenvalue weighted by Crippen LogP contribution is -2.29. The van der Waals surface area contributed by atoms with Crippen LogP contribution in [0.2, 0.25) is 0 Å². The van der Waals surface area contributed by atoms with Crippen LogP contribution in [0.3, 0.4) is 0 Å². The molecule has 0 fully saturated rings. The highest BCUT2D eigenvalue weighted by Crippen LogP contribution is 2.43. The highest BCUT2D eigenvalue weighted by molar-refractivity contribution is 7.47. The van der Waals surface area contributed by atoms with E-state index in [1.54, 1.807) is 0 Å². The largest absolute Gasteiger partial charge is 0.472 e. The van der Waals surface area contributed by atoms with Crippen LogP contribution in [0, 0.1) is 0 Å². The fourth-order valence-electron chi connectivity index (χ4n) is 7.19. The van der Waals surface area contributed by atoms with Crippen LogP contribution in [0.25, 0.3) is 0 Å². The van der Waals surface area contributed by atoms with E-state index in [9.17, 15) is 24.2 Å². The highest BCUT2D eigenvalue weighted by atomic mass is 31.2. The molecule has 0 amide bonds. The van der Waals surface area contributed by atoms with E-state index in [4.69, 9.17) is 23.6 Å². The summed E-state index contributed by atoms with van der Waals surface area (Å²) in [5, 5.41) is 18.4. The second-order valence-corrected chi connectivity index (χ2v) is 18.6. The minimum Gasteiger partial charge on any atom is -0.462 e. The van der Waals surface area contributed by atoms with E-state index in [0.29, 0.717) is 12.8 Å². The molecule has 0 heterocycles. The molecule has 0 rings (SSSR count). The second kappa shape index (κ2) is 47.2. The molecule has 62 heavy (non-hydrogen) atoms. The molecule has 364 valence electrons. The van der Waals surface area contributed by atoms with Crippen molar-refractivity contribution in [3.8, 4) is 0 Å². The van der Waals surface area contributed by atoms with Crippen molar-refractivity contribution >= 4 is 19.8 Å². The summed E-state index contributed by atoms with van der Waals surface area (Å²) in [4.78, 5) is 35.1. The average molecular weight is 899 g/mol. The molecule has 0 aromatic carbocycles. The van der Waals surface area contributed by atoms with E-state index in [-0.39, 0.29) is 19.4 Å². The third kappa shape index (κ3) is 46.2. The molecule has 10 nitrogen and oxygen atoms in total. The normalized spacial score (nSPS) is 14.0. The van der Waals surface area contributed by atoms with Gasteiger partial charge in [-0.05, 0) is 44.9 Å². The number of phosphoric acid groups is 1. The Labute approximate surface area is 380 Å². The van der Waals surface area contributed by atoms with Gasteiger partial charge in [0.1, 0.15) is 12.7 Å². The van der Waals surface area contributed by atoms with Crippen LogP contribution in [0.1, 0.15) is 239 Å². The zero-order valence-corrected chi connectivity index (χ0v) is 40.7. The van der Waals surface area contributed by atoms with Crippen molar-refractivity contribution in [2.45, 2.75) is 251 Å². The molecule has 0 aromatic rings. The summed E-state index contributed by atoms with van der Waals surface area (Å²) in [5.74, 6) is -0.935. The molecule has 11 heteroatoms. The van der Waals surface area contributed by atoms with Crippen molar-refractivity contribution in [2.24, 2.45) is 0 Å². The highest BCUT2D eigenvalue weighted by Gasteiger charge is 2.27. The monoisotopic (exact) mass is 899 g/mol. The van der Waals surface area contributed by atoms with Crippen LogP contribution in [0.4, 0.5) is 0 Å². The number of rotatable bonds is 48. The van der Waals surface area contributed by atoms with Crippen LogP contribution < -0.4 is 0 Å². The van der Waals surface area contributed by atoms with E-state index in [0.717, 1.165) is 70.6 Å². The quantitative estimate of drug-likeness (QED) is 0.0233.